The maximum atomic E-state index is 10.7. The maximum absolute atomic E-state index is 10.7. The van der Waals surface area contributed by atoms with Crippen molar-refractivity contribution in [2.75, 3.05) is 0 Å². The number of nitrogens with zero attached hydrogens (tertiary/aromatic N) is 1. The molecule has 0 aliphatic carbocycles. The maximum Gasteiger partial charge on any atom is 0.246 e. The number of aromatic nitrogens is 2. The zero-order valence-electron chi connectivity index (χ0n) is 6.41. The lowest BCUT2D eigenvalue weighted by atomic mass is 10.1. The fourth-order valence-corrected chi connectivity index (χ4v) is 1.26. The van der Waals surface area contributed by atoms with Gasteiger partial charge in [0.15, 0.2) is 0 Å². The normalized spacial score (nSPS) is 21.8. The molecular formula is C7H9N3O2. The minimum absolute atomic E-state index is 0.416. The van der Waals surface area contributed by atoms with Gasteiger partial charge in [-0.2, -0.15) is 5.10 Å². The molecule has 0 saturated carbocycles. The molecule has 1 aromatic heterocycles. The van der Waals surface area contributed by atoms with Crippen LogP contribution in [0, 0.1) is 0 Å². The summed E-state index contributed by atoms with van der Waals surface area (Å²) in [6.45, 7) is 0.416. The van der Waals surface area contributed by atoms with Gasteiger partial charge in [-0.3, -0.25) is 9.89 Å². The molecule has 1 aliphatic rings. The van der Waals surface area contributed by atoms with E-state index in [0.29, 0.717) is 13.0 Å². The summed E-state index contributed by atoms with van der Waals surface area (Å²) in [5.74, 6) is -0.421. The highest BCUT2D eigenvalue weighted by Gasteiger charge is 2.24. The number of amides is 1. The Balaban J connectivity index is 2.20. The van der Waals surface area contributed by atoms with Crippen LogP contribution in [0.4, 0.5) is 0 Å². The molecular weight excluding hydrogens is 158 g/mol. The van der Waals surface area contributed by atoms with Gasteiger partial charge in [0.1, 0.15) is 6.10 Å². The number of aromatic amines is 1. The van der Waals surface area contributed by atoms with Crippen molar-refractivity contribution in [3.05, 3.63) is 17.5 Å². The topological polar surface area (TPSA) is 81.0 Å². The molecule has 0 saturated heterocycles. The van der Waals surface area contributed by atoms with Gasteiger partial charge in [-0.15, -0.1) is 0 Å². The SMILES string of the molecule is NC(=O)C1Cc2[nH]ncc2CO1. The molecule has 3 N–H and O–H groups in total. The van der Waals surface area contributed by atoms with E-state index in [9.17, 15) is 4.79 Å². The number of rotatable bonds is 1. The van der Waals surface area contributed by atoms with Crippen LogP contribution in [0.3, 0.4) is 0 Å². The molecule has 0 fully saturated rings. The first kappa shape index (κ1) is 7.30. The van der Waals surface area contributed by atoms with Crippen LogP contribution in [-0.2, 0) is 22.6 Å². The van der Waals surface area contributed by atoms with Gasteiger partial charge in [0.2, 0.25) is 5.91 Å². The minimum atomic E-state index is -0.502. The number of fused-ring (bicyclic) bond motifs is 1. The smallest absolute Gasteiger partial charge is 0.246 e. The Labute approximate surface area is 68.9 Å². The average Bonchev–Trinajstić information content (AvgIpc) is 2.49. The molecule has 1 amide bonds. The predicted octanol–water partition coefficient (Wildman–Crippen LogP) is -0.664. The van der Waals surface area contributed by atoms with Gasteiger partial charge in [0.05, 0.1) is 12.8 Å². The van der Waals surface area contributed by atoms with Crippen LogP contribution in [-0.4, -0.2) is 22.2 Å². The number of carbonyl (C=O) groups excluding carboxylic acids is 1. The molecule has 0 aromatic carbocycles. The number of H-pyrrole nitrogens is 1. The van der Waals surface area contributed by atoms with Crippen molar-refractivity contribution < 1.29 is 9.53 Å². The third kappa shape index (κ3) is 1.08. The van der Waals surface area contributed by atoms with Gasteiger partial charge in [-0.05, 0) is 0 Å². The molecule has 64 valence electrons. The monoisotopic (exact) mass is 167 g/mol. The molecule has 0 bridgehead atoms. The first-order valence-corrected chi connectivity index (χ1v) is 3.69. The molecule has 2 rings (SSSR count). The Hall–Kier alpha value is -1.36. The summed E-state index contributed by atoms with van der Waals surface area (Å²) in [6, 6.07) is 0. The Kier molecular flexibility index (Phi) is 1.58. The molecule has 5 nitrogen and oxygen atoms in total. The van der Waals surface area contributed by atoms with Crippen molar-refractivity contribution in [3.63, 3.8) is 0 Å². The van der Waals surface area contributed by atoms with Crippen LogP contribution >= 0.6 is 0 Å². The van der Waals surface area contributed by atoms with Crippen molar-refractivity contribution in [2.24, 2.45) is 5.73 Å². The molecule has 0 spiro atoms. The van der Waals surface area contributed by atoms with Gasteiger partial charge < -0.3 is 10.5 Å². The van der Waals surface area contributed by atoms with E-state index in [1.54, 1.807) is 6.20 Å². The number of primary amides is 1. The lowest BCUT2D eigenvalue weighted by molar-refractivity contribution is -0.131. The van der Waals surface area contributed by atoms with Crippen LogP contribution < -0.4 is 5.73 Å². The molecule has 1 unspecified atom stereocenters. The van der Waals surface area contributed by atoms with Crippen molar-refractivity contribution in [1.29, 1.82) is 0 Å². The van der Waals surface area contributed by atoms with Crippen LogP contribution in [0.2, 0.25) is 0 Å². The lowest BCUT2D eigenvalue weighted by Gasteiger charge is -2.19. The number of hydrogen-bond donors (Lipinski definition) is 2. The first-order valence-electron chi connectivity index (χ1n) is 3.69. The molecule has 12 heavy (non-hydrogen) atoms. The lowest BCUT2D eigenvalue weighted by Crippen LogP contribution is -2.35. The fourth-order valence-electron chi connectivity index (χ4n) is 1.26. The second kappa shape index (κ2) is 2.60. The largest absolute Gasteiger partial charge is 0.367 e. The van der Waals surface area contributed by atoms with E-state index in [4.69, 9.17) is 10.5 Å². The summed E-state index contributed by atoms with van der Waals surface area (Å²) in [6.07, 6.45) is 1.70. The summed E-state index contributed by atoms with van der Waals surface area (Å²) in [4.78, 5) is 10.7. The Morgan fingerprint density at radius 2 is 2.67 bits per heavy atom. The van der Waals surface area contributed by atoms with Crippen LogP contribution in [0.1, 0.15) is 11.3 Å². The van der Waals surface area contributed by atoms with E-state index >= 15 is 0 Å². The van der Waals surface area contributed by atoms with Gasteiger partial charge in [-0.1, -0.05) is 0 Å². The molecule has 1 aliphatic heterocycles. The van der Waals surface area contributed by atoms with Gasteiger partial charge in [0.25, 0.3) is 0 Å². The number of ether oxygens (including phenoxy) is 1. The number of nitrogens with two attached hydrogens (primary N) is 1. The number of carbonyl (C=O) groups is 1. The molecule has 1 aromatic rings. The second-order valence-electron chi connectivity index (χ2n) is 2.78. The quantitative estimate of drug-likeness (QED) is 0.582. The molecule has 5 heteroatoms. The fraction of sp³-hybridized carbons (Fsp3) is 0.429. The van der Waals surface area contributed by atoms with Crippen molar-refractivity contribution in [3.8, 4) is 0 Å². The van der Waals surface area contributed by atoms with Crippen molar-refractivity contribution in [2.45, 2.75) is 19.1 Å². The molecule has 0 radical (unpaired) electrons. The first-order chi connectivity index (χ1) is 5.77. The number of nitrogens with one attached hydrogen (secondary N) is 1. The van der Waals surface area contributed by atoms with Gasteiger partial charge in [-0.25, -0.2) is 0 Å². The summed E-state index contributed by atoms with van der Waals surface area (Å²) >= 11 is 0. The Morgan fingerprint density at radius 1 is 1.83 bits per heavy atom. The Morgan fingerprint density at radius 3 is 3.42 bits per heavy atom. The third-order valence-electron chi connectivity index (χ3n) is 1.95. The summed E-state index contributed by atoms with van der Waals surface area (Å²) < 4.78 is 5.19. The standard InChI is InChI=1S/C7H9N3O2/c8-7(11)6-1-5-4(3-12-6)2-9-10-5/h2,6H,1,3H2,(H2,8,11)(H,9,10). The molecule has 2 heterocycles. The zero-order chi connectivity index (χ0) is 8.55. The van der Waals surface area contributed by atoms with E-state index in [1.165, 1.54) is 0 Å². The predicted molar refractivity (Wildman–Crippen MR) is 40.1 cm³/mol. The van der Waals surface area contributed by atoms with Crippen molar-refractivity contribution >= 4 is 5.91 Å². The van der Waals surface area contributed by atoms with Crippen molar-refractivity contribution in [1.82, 2.24) is 10.2 Å². The Bertz CT molecular complexity index is 307. The summed E-state index contributed by atoms with van der Waals surface area (Å²) in [5.41, 5.74) is 7.05. The third-order valence-corrected chi connectivity index (χ3v) is 1.95. The summed E-state index contributed by atoms with van der Waals surface area (Å²) in [5, 5.41) is 6.65. The zero-order valence-corrected chi connectivity index (χ0v) is 6.41. The van der Waals surface area contributed by atoms with E-state index in [0.717, 1.165) is 11.3 Å². The van der Waals surface area contributed by atoms with E-state index in [2.05, 4.69) is 10.2 Å². The highest BCUT2D eigenvalue weighted by Crippen LogP contribution is 2.17. The van der Waals surface area contributed by atoms with E-state index < -0.39 is 12.0 Å². The van der Waals surface area contributed by atoms with E-state index in [1.807, 2.05) is 0 Å². The number of hydrogen-bond acceptors (Lipinski definition) is 3. The van der Waals surface area contributed by atoms with Gasteiger partial charge >= 0.3 is 0 Å². The van der Waals surface area contributed by atoms with Crippen LogP contribution in [0.5, 0.6) is 0 Å². The van der Waals surface area contributed by atoms with Crippen LogP contribution in [0.15, 0.2) is 6.20 Å². The highest BCUT2D eigenvalue weighted by atomic mass is 16.5. The minimum Gasteiger partial charge on any atom is -0.367 e. The average molecular weight is 167 g/mol. The van der Waals surface area contributed by atoms with E-state index in [-0.39, 0.29) is 0 Å². The van der Waals surface area contributed by atoms with Gasteiger partial charge in [0, 0.05) is 17.7 Å². The van der Waals surface area contributed by atoms with Crippen LogP contribution in [0.25, 0.3) is 0 Å². The summed E-state index contributed by atoms with van der Waals surface area (Å²) in [7, 11) is 0. The highest BCUT2D eigenvalue weighted by molar-refractivity contribution is 5.79. The second-order valence-corrected chi connectivity index (χ2v) is 2.78. The molecule has 1 atom stereocenters.